The van der Waals surface area contributed by atoms with Crippen molar-refractivity contribution >= 4 is 23.2 Å². The molecule has 0 saturated heterocycles. The van der Waals surface area contributed by atoms with Crippen molar-refractivity contribution in [2.45, 2.75) is 26.9 Å². The van der Waals surface area contributed by atoms with Crippen LogP contribution in [0.2, 0.25) is 5.02 Å². The number of aryl methyl sites for hydroxylation is 1. The first-order chi connectivity index (χ1) is 7.50. The van der Waals surface area contributed by atoms with Crippen molar-refractivity contribution in [2.75, 3.05) is 11.9 Å². The second kappa shape index (κ2) is 5.87. The van der Waals surface area contributed by atoms with Crippen LogP contribution in [0.5, 0.6) is 0 Å². The molecule has 0 unspecified atom stereocenters. The molecule has 0 radical (unpaired) electrons. The molecule has 1 N–H and O–H groups in total. The van der Waals surface area contributed by atoms with E-state index in [1.807, 2.05) is 32.9 Å². The van der Waals surface area contributed by atoms with Gasteiger partial charge in [0.05, 0.1) is 16.8 Å². The van der Waals surface area contributed by atoms with Crippen molar-refractivity contribution in [3.05, 3.63) is 28.8 Å². The van der Waals surface area contributed by atoms with E-state index < -0.39 is 0 Å². The van der Waals surface area contributed by atoms with Gasteiger partial charge in [0.15, 0.2) is 0 Å². The van der Waals surface area contributed by atoms with Gasteiger partial charge >= 0.3 is 0 Å². The molecule has 0 atom stereocenters. The molecular weight excluding hydrogens is 226 g/mol. The first-order valence-corrected chi connectivity index (χ1v) is 5.55. The van der Waals surface area contributed by atoms with E-state index in [9.17, 15) is 4.79 Å². The standard InChI is InChI=1S/C12H16ClNO2/c1-8(2)16-7-11(15)14-12-9(3)5-4-6-10(12)13/h4-6,8H,7H2,1-3H3,(H,14,15). The van der Waals surface area contributed by atoms with Crippen molar-refractivity contribution in [1.29, 1.82) is 0 Å². The SMILES string of the molecule is Cc1cccc(Cl)c1NC(=O)COC(C)C. The topological polar surface area (TPSA) is 38.3 Å². The summed E-state index contributed by atoms with van der Waals surface area (Å²) in [4.78, 5) is 11.5. The number of halogens is 1. The largest absolute Gasteiger partial charge is 0.369 e. The Morgan fingerprint density at radius 2 is 2.19 bits per heavy atom. The van der Waals surface area contributed by atoms with E-state index in [4.69, 9.17) is 16.3 Å². The van der Waals surface area contributed by atoms with Crippen molar-refractivity contribution in [1.82, 2.24) is 0 Å². The summed E-state index contributed by atoms with van der Waals surface area (Å²) in [5.41, 5.74) is 1.59. The summed E-state index contributed by atoms with van der Waals surface area (Å²) in [6, 6.07) is 5.48. The minimum Gasteiger partial charge on any atom is -0.369 e. The average Bonchev–Trinajstić information content (AvgIpc) is 2.21. The van der Waals surface area contributed by atoms with Crippen LogP contribution >= 0.6 is 11.6 Å². The predicted octanol–water partition coefficient (Wildman–Crippen LogP) is 3.01. The van der Waals surface area contributed by atoms with E-state index in [-0.39, 0.29) is 18.6 Å². The van der Waals surface area contributed by atoms with Gasteiger partial charge in [-0.2, -0.15) is 0 Å². The highest BCUT2D eigenvalue weighted by atomic mass is 35.5. The highest BCUT2D eigenvalue weighted by molar-refractivity contribution is 6.33. The Balaban J connectivity index is 2.63. The monoisotopic (exact) mass is 241 g/mol. The fourth-order valence-electron chi connectivity index (χ4n) is 1.21. The number of carbonyl (C=O) groups is 1. The summed E-state index contributed by atoms with van der Waals surface area (Å²) in [6.07, 6.45) is 0.0399. The van der Waals surface area contributed by atoms with Crippen LogP contribution in [0.4, 0.5) is 5.69 Å². The van der Waals surface area contributed by atoms with Crippen molar-refractivity contribution in [3.63, 3.8) is 0 Å². The molecule has 1 rings (SSSR count). The highest BCUT2D eigenvalue weighted by Crippen LogP contribution is 2.24. The maximum Gasteiger partial charge on any atom is 0.250 e. The first kappa shape index (κ1) is 13.0. The van der Waals surface area contributed by atoms with Crippen LogP contribution in [0.15, 0.2) is 18.2 Å². The Hall–Kier alpha value is -1.06. The Morgan fingerprint density at radius 3 is 2.75 bits per heavy atom. The van der Waals surface area contributed by atoms with E-state index in [2.05, 4.69) is 5.32 Å². The zero-order valence-corrected chi connectivity index (χ0v) is 10.5. The Labute approximate surface area is 101 Å². The van der Waals surface area contributed by atoms with Gasteiger partial charge in [0.2, 0.25) is 5.91 Å². The number of hydrogen-bond donors (Lipinski definition) is 1. The smallest absolute Gasteiger partial charge is 0.250 e. The molecule has 1 aromatic rings. The fourth-order valence-corrected chi connectivity index (χ4v) is 1.48. The van der Waals surface area contributed by atoms with Gasteiger partial charge in [0.25, 0.3) is 0 Å². The quantitative estimate of drug-likeness (QED) is 0.880. The number of nitrogens with one attached hydrogen (secondary N) is 1. The van der Waals surface area contributed by atoms with Gasteiger partial charge in [-0.1, -0.05) is 23.7 Å². The summed E-state index contributed by atoms with van der Waals surface area (Å²) in [5.74, 6) is -0.190. The molecule has 0 fully saturated rings. The van der Waals surface area contributed by atoms with E-state index in [1.165, 1.54) is 0 Å². The molecule has 0 aliphatic rings. The lowest BCUT2D eigenvalue weighted by Crippen LogP contribution is -2.21. The summed E-state index contributed by atoms with van der Waals surface area (Å²) in [7, 11) is 0. The number of para-hydroxylation sites is 1. The molecule has 3 nitrogen and oxygen atoms in total. The van der Waals surface area contributed by atoms with Gasteiger partial charge in [0.1, 0.15) is 6.61 Å². The third kappa shape index (κ3) is 3.83. The third-order valence-electron chi connectivity index (χ3n) is 2.03. The number of ether oxygens (including phenoxy) is 1. The van der Waals surface area contributed by atoms with Crippen LogP contribution in [0.25, 0.3) is 0 Å². The summed E-state index contributed by atoms with van der Waals surface area (Å²) < 4.78 is 5.20. The van der Waals surface area contributed by atoms with Gasteiger partial charge in [-0.3, -0.25) is 4.79 Å². The second-order valence-corrected chi connectivity index (χ2v) is 4.25. The Kier molecular flexibility index (Phi) is 4.77. The second-order valence-electron chi connectivity index (χ2n) is 3.84. The number of anilines is 1. The van der Waals surface area contributed by atoms with Crippen molar-refractivity contribution in [2.24, 2.45) is 0 Å². The molecule has 0 aromatic heterocycles. The lowest BCUT2D eigenvalue weighted by Gasteiger charge is -2.11. The maximum atomic E-state index is 11.5. The molecule has 1 amide bonds. The number of amides is 1. The van der Waals surface area contributed by atoms with Crippen LogP contribution in [0.1, 0.15) is 19.4 Å². The summed E-state index contributed by atoms with van der Waals surface area (Å²) in [6.45, 7) is 5.70. The van der Waals surface area contributed by atoms with Gasteiger partial charge < -0.3 is 10.1 Å². The minimum atomic E-state index is -0.190. The number of rotatable bonds is 4. The molecule has 0 aliphatic heterocycles. The molecule has 1 aromatic carbocycles. The average molecular weight is 242 g/mol. The van der Waals surface area contributed by atoms with E-state index in [0.29, 0.717) is 10.7 Å². The van der Waals surface area contributed by atoms with Gasteiger partial charge in [-0.25, -0.2) is 0 Å². The molecule has 88 valence electrons. The van der Waals surface area contributed by atoms with Crippen LogP contribution in [0, 0.1) is 6.92 Å². The van der Waals surface area contributed by atoms with E-state index in [1.54, 1.807) is 6.07 Å². The lowest BCUT2D eigenvalue weighted by atomic mass is 10.2. The van der Waals surface area contributed by atoms with Crippen LogP contribution in [-0.2, 0) is 9.53 Å². The van der Waals surface area contributed by atoms with Crippen molar-refractivity contribution in [3.8, 4) is 0 Å². The molecule has 0 spiro atoms. The molecule has 0 saturated carbocycles. The van der Waals surface area contributed by atoms with E-state index >= 15 is 0 Å². The zero-order chi connectivity index (χ0) is 12.1. The van der Waals surface area contributed by atoms with E-state index in [0.717, 1.165) is 5.56 Å². The first-order valence-electron chi connectivity index (χ1n) is 5.17. The third-order valence-corrected chi connectivity index (χ3v) is 2.35. The van der Waals surface area contributed by atoms with Crippen LogP contribution in [-0.4, -0.2) is 18.6 Å². The van der Waals surface area contributed by atoms with Gasteiger partial charge in [-0.15, -0.1) is 0 Å². The normalized spacial score (nSPS) is 10.6. The molecule has 16 heavy (non-hydrogen) atoms. The number of carbonyl (C=O) groups excluding carboxylic acids is 1. The highest BCUT2D eigenvalue weighted by Gasteiger charge is 2.08. The number of hydrogen-bond acceptors (Lipinski definition) is 2. The minimum absolute atomic E-state index is 0.0399. The molecule has 0 aliphatic carbocycles. The molecule has 0 bridgehead atoms. The fraction of sp³-hybridized carbons (Fsp3) is 0.417. The van der Waals surface area contributed by atoms with Gasteiger partial charge in [-0.05, 0) is 32.4 Å². The Morgan fingerprint density at radius 1 is 1.50 bits per heavy atom. The predicted molar refractivity (Wildman–Crippen MR) is 65.9 cm³/mol. The summed E-state index contributed by atoms with van der Waals surface area (Å²) in [5, 5.41) is 3.28. The Bertz CT molecular complexity index is 357. The van der Waals surface area contributed by atoms with Crippen molar-refractivity contribution < 1.29 is 9.53 Å². The van der Waals surface area contributed by atoms with Crippen LogP contribution < -0.4 is 5.32 Å². The number of benzene rings is 1. The lowest BCUT2D eigenvalue weighted by molar-refractivity contribution is -0.121. The molecule has 0 heterocycles. The van der Waals surface area contributed by atoms with Crippen LogP contribution in [0.3, 0.4) is 0 Å². The zero-order valence-electron chi connectivity index (χ0n) is 9.71. The van der Waals surface area contributed by atoms with Gasteiger partial charge in [0, 0.05) is 0 Å². The maximum absolute atomic E-state index is 11.5. The molecular formula is C12H16ClNO2. The summed E-state index contributed by atoms with van der Waals surface area (Å²) >= 11 is 5.98. The molecule has 4 heteroatoms.